The van der Waals surface area contributed by atoms with Crippen molar-refractivity contribution in [1.82, 2.24) is 0 Å². The highest BCUT2D eigenvalue weighted by Gasteiger charge is 2.34. The third kappa shape index (κ3) is 2.20. The highest BCUT2D eigenvalue weighted by molar-refractivity contribution is 6.51. The second-order valence-electron chi connectivity index (χ2n) is 6.34. The molecule has 0 bridgehead atoms. The molecule has 2 heterocycles. The van der Waals surface area contributed by atoms with Crippen LogP contribution in [0.15, 0.2) is 12.1 Å². The molecule has 0 saturated carbocycles. The van der Waals surface area contributed by atoms with Crippen LogP contribution in [0.1, 0.15) is 37.6 Å². The number of piperidine rings is 1. The van der Waals surface area contributed by atoms with E-state index >= 15 is 0 Å². The van der Waals surface area contributed by atoms with Crippen molar-refractivity contribution in [2.45, 2.75) is 33.2 Å². The highest BCUT2D eigenvalue weighted by Crippen LogP contribution is 2.36. The number of carbonyl (C=O) groups excluding carboxylic acids is 2. The van der Waals surface area contributed by atoms with Crippen LogP contribution in [0.4, 0.5) is 15.8 Å². The van der Waals surface area contributed by atoms with Crippen LogP contribution in [0.2, 0.25) is 0 Å². The Hall–Kier alpha value is -1.91. The van der Waals surface area contributed by atoms with Gasteiger partial charge < -0.3 is 10.2 Å². The number of benzene rings is 1. The molecule has 0 aromatic heterocycles. The summed E-state index contributed by atoms with van der Waals surface area (Å²) in [6.45, 7) is 7.20. The van der Waals surface area contributed by atoms with Crippen LogP contribution in [0.5, 0.6) is 0 Å². The van der Waals surface area contributed by atoms with Crippen molar-refractivity contribution < 1.29 is 14.0 Å². The quantitative estimate of drug-likeness (QED) is 0.809. The van der Waals surface area contributed by atoms with Gasteiger partial charge in [-0.3, -0.25) is 9.59 Å². The van der Waals surface area contributed by atoms with Crippen LogP contribution in [-0.4, -0.2) is 24.3 Å². The van der Waals surface area contributed by atoms with Gasteiger partial charge >= 0.3 is 0 Å². The van der Waals surface area contributed by atoms with E-state index in [1.54, 1.807) is 6.07 Å². The van der Waals surface area contributed by atoms with Gasteiger partial charge in [-0.15, -0.1) is 0 Å². The van der Waals surface area contributed by atoms with Crippen LogP contribution in [0.25, 0.3) is 0 Å². The zero-order valence-corrected chi connectivity index (χ0v) is 12.4. The number of ketones is 1. The summed E-state index contributed by atoms with van der Waals surface area (Å²) in [5.41, 5.74) is 1.01. The van der Waals surface area contributed by atoms with E-state index in [2.05, 4.69) is 26.1 Å². The Kier molecular flexibility index (Phi) is 3.23. The lowest BCUT2D eigenvalue weighted by molar-refractivity contribution is -0.112. The van der Waals surface area contributed by atoms with Gasteiger partial charge in [0.1, 0.15) is 5.82 Å². The van der Waals surface area contributed by atoms with E-state index in [1.165, 1.54) is 6.07 Å². The maximum Gasteiger partial charge on any atom is 0.296 e. The van der Waals surface area contributed by atoms with Crippen LogP contribution in [0, 0.1) is 17.7 Å². The number of rotatable bonds is 1. The summed E-state index contributed by atoms with van der Waals surface area (Å²) in [6, 6.07) is 3.00. The Morgan fingerprint density at radius 2 is 1.95 bits per heavy atom. The van der Waals surface area contributed by atoms with Gasteiger partial charge in [0.05, 0.1) is 16.9 Å². The molecule has 3 unspecified atom stereocenters. The number of halogens is 1. The minimum absolute atomic E-state index is 0.131. The van der Waals surface area contributed by atoms with Crippen LogP contribution in [0.3, 0.4) is 0 Å². The summed E-state index contributed by atoms with van der Waals surface area (Å²) in [6.07, 6.45) is 1.12. The van der Waals surface area contributed by atoms with Gasteiger partial charge in [-0.1, -0.05) is 13.8 Å². The SMILES string of the molecule is CC1CC(C)C(C)N(c2cc3c(cc2F)C(=O)C(=O)N3)C1. The van der Waals surface area contributed by atoms with Gasteiger partial charge in [-0.05, 0) is 37.3 Å². The molecule has 1 amide bonds. The van der Waals surface area contributed by atoms with Crippen molar-refractivity contribution in [1.29, 1.82) is 0 Å². The maximum absolute atomic E-state index is 14.4. The van der Waals surface area contributed by atoms with E-state index in [0.29, 0.717) is 23.2 Å². The van der Waals surface area contributed by atoms with Gasteiger partial charge in [0.2, 0.25) is 0 Å². The fraction of sp³-hybridized carbons (Fsp3) is 0.500. The number of anilines is 2. The van der Waals surface area contributed by atoms with Gasteiger partial charge in [-0.25, -0.2) is 4.39 Å². The number of nitrogens with zero attached hydrogens (tertiary/aromatic N) is 1. The second-order valence-corrected chi connectivity index (χ2v) is 6.34. The van der Waals surface area contributed by atoms with Gasteiger partial charge in [-0.2, -0.15) is 0 Å². The molecule has 5 heteroatoms. The fourth-order valence-corrected chi connectivity index (χ4v) is 3.41. The van der Waals surface area contributed by atoms with Crippen molar-refractivity contribution >= 4 is 23.1 Å². The third-order valence-electron chi connectivity index (χ3n) is 4.69. The van der Waals surface area contributed by atoms with Gasteiger partial charge in [0, 0.05) is 12.6 Å². The first kappa shape index (κ1) is 14.0. The van der Waals surface area contributed by atoms with E-state index < -0.39 is 17.5 Å². The molecule has 1 saturated heterocycles. The predicted molar refractivity (Wildman–Crippen MR) is 79.1 cm³/mol. The maximum atomic E-state index is 14.4. The summed E-state index contributed by atoms with van der Waals surface area (Å²) < 4.78 is 14.4. The smallest absolute Gasteiger partial charge is 0.296 e. The van der Waals surface area contributed by atoms with E-state index in [9.17, 15) is 14.0 Å². The zero-order chi connectivity index (χ0) is 15.3. The van der Waals surface area contributed by atoms with Crippen molar-refractivity contribution in [3.05, 3.63) is 23.5 Å². The lowest BCUT2D eigenvalue weighted by atomic mass is 9.85. The average molecular weight is 290 g/mol. The predicted octanol–water partition coefficient (Wildman–Crippen LogP) is 2.83. The van der Waals surface area contributed by atoms with Crippen molar-refractivity contribution in [3.63, 3.8) is 0 Å². The van der Waals surface area contributed by atoms with Crippen molar-refractivity contribution in [3.8, 4) is 0 Å². The van der Waals surface area contributed by atoms with Crippen LogP contribution < -0.4 is 10.2 Å². The van der Waals surface area contributed by atoms with Crippen molar-refractivity contribution in [2.75, 3.05) is 16.8 Å². The molecule has 1 N–H and O–H groups in total. The summed E-state index contributed by atoms with van der Waals surface area (Å²) in [5, 5.41) is 2.51. The lowest BCUT2D eigenvalue weighted by Crippen LogP contribution is -2.46. The molecule has 0 radical (unpaired) electrons. The van der Waals surface area contributed by atoms with Crippen LogP contribution in [-0.2, 0) is 4.79 Å². The molecule has 2 aliphatic heterocycles. The normalized spacial score (nSPS) is 28.6. The monoisotopic (exact) mass is 290 g/mol. The Bertz CT molecular complexity index is 629. The van der Waals surface area contributed by atoms with E-state index in [0.717, 1.165) is 13.0 Å². The summed E-state index contributed by atoms with van der Waals surface area (Å²) in [5.74, 6) is -0.830. The number of carbonyl (C=O) groups is 2. The second kappa shape index (κ2) is 4.83. The van der Waals surface area contributed by atoms with Crippen molar-refractivity contribution in [2.24, 2.45) is 11.8 Å². The molecule has 1 fully saturated rings. The number of Topliss-reactive ketones (excluding diaryl/α,β-unsaturated/α-hetero) is 1. The Morgan fingerprint density at radius 1 is 1.24 bits per heavy atom. The Balaban J connectivity index is 2.02. The van der Waals surface area contributed by atoms with Gasteiger partial charge in [0.25, 0.3) is 11.7 Å². The minimum Gasteiger partial charge on any atom is -0.366 e. The topological polar surface area (TPSA) is 49.4 Å². The lowest BCUT2D eigenvalue weighted by Gasteiger charge is -2.42. The van der Waals surface area contributed by atoms with E-state index in [-0.39, 0.29) is 11.6 Å². The Morgan fingerprint density at radius 3 is 2.67 bits per heavy atom. The average Bonchev–Trinajstić information content (AvgIpc) is 2.69. The largest absolute Gasteiger partial charge is 0.366 e. The molecule has 0 aliphatic carbocycles. The Labute approximate surface area is 123 Å². The number of nitrogens with one attached hydrogen (secondary N) is 1. The number of fused-ring (bicyclic) bond motifs is 1. The first-order chi connectivity index (χ1) is 9.88. The minimum atomic E-state index is -0.685. The summed E-state index contributed by atoms with van der Waals surface area (Å²) in [7, 11) is 0. The molecule has 3 atom stereocenters. The molecule has 1 aromatic carbocycles. The van der Waals surface area contributed by atoms with Crippen LogP contribution >= 0.6 is 0 Å². The number of hydrogen-bond acceptors (Lipinski definition) is 3. The first-order valence-corrected chi connectivity index (χ1v) is 7.34. The summed E-state index contributed by atoms with van der Waals surface area (Å²) >= 11 is 0. The molecular weight excluding hydrogens is 271 g/mol. The number of amides is 1. The molecule has 0 spiro atoms. The molecule has 1 aromatic rings. The molecule has 112 valence electrons. The fourth-order valence-electron chi connectivity index (χ4n) is 3.41. The molecule has 3 rings (SSSR count). The molecular formula is C16H19FN2O2. The van der Waals surface area contributed by atoms with Gasteiger partial charge in [0.15, 0.2) is 0 Å². The highest BCUT2D eigenvalue weighted by atomic mass is 19.1. The molecule has 4 nitrogen and oxygen atoms in total. The zero-order valence-electron chi connectivity index (χ0n) is 12.4. The standard InChI is InChI=1S/C16H19FN2O2/c1-8-4-9(2)10(3)19(7-8)14-6-13-11(5-12(14)17)15(20)16(21)18-13/h5-6,8-10H,4,7H2,1-3H3,(H,18,20,21). The van der Waals surface area contributed by atoms with E-state index in [4.69, 9.17) is 0 Å². The summed E-state index contributed by atoms with van der Waals surface area (Å²) in [4.78, 5) is 25.1. The number of hydrogen-bond donors (Lipinski definition) is 1. The molecule has 2 aliphatic rings. The third-order valence-corrected chi connectivity index (χ3v) is 4.69. The van der Waals surface area contributed by atoms with E-state index in [1.807, 2.05) is 4.90 Å². The molecule has 21 heavy (non-hydrogen) atoms. The first-order valence-electron chi connectivity index (χ1n) is 7.34.